The molecule has 6 nitrogen and oxygen atoms in total. The van der Waals surface area contributed by atoms with Crippen LogP contribution in [0.25, 0.3) is 0 Å². The van der Waals surface area contributed by atoms with E-state index in [1.54, 1.807) is 13.8 Å². The van der Waals surface area contributed by atoms with Crippen LogP contribution in [0.2, 0.25) is 0 Å². The molecule has 2 N–H and O–H groups in total. The number of unbranched alkanes of at least 4 members (excludes halogenated alkanes) is 1. The Morgan fingerprint density at radius 3 is 2.69 bits per heavy atom. The molecule has 0 radical (unpaired) electrons. The zero-order valence-corrected chi connectivity index (χ0v) is 19.9. The van der Waals surface area contributed by atoms with E-state index in [4.69, 9.17) is 9.47 Å². The van der Waals surface area contributed by atoms with Gasteiger partial charge in [-0.3, -0.25) is 9.59 Å². The second-order valence-electron chi connectivity index (χ2n) is 8.85. The number of esters is 1. The molecule has 0 saturated heterocycles. The predicted molar refractivity (Wildman–Crippen MR) is 124 cm³/mol. The summed E-state index contributed by atoms with van der Waals surface area (Å²) in [6, 6.07) is 4.35. The van der Waals surface area contributed by atoms with Crippen LogP contribution < -0.4 is 4.74 Å². The van der Waals surface area contributed by atoms with E-state index >= 15 is 0 Å². The Bertz CT molecular complexity index is 893. The molecule has 4 atom stereocenters. The van der Waals surface area contributed by atoms with Gasteiger partial charge in [0.05, 0.1) is 17.8 Å². The fraction of sp³-hybridized carbons (Fsp3) is 0.538. The number of ketones is 1. The zero-order chi connectivity index (χ0) is 26.0. The maximum atomic E-state index is 12.8. The van der Waals surface area contributed by atoms with Crippen LogP contribution >= 0.6 is 0 Å². The van der Waals surface area contributed by atoms with Gasteiger partial charge in [-0.2, -0.15) is 13.2 Å². The van der Waals surface area contributed by atoms with E-state index in [1.807, 2.05) is 12.2 Å². The first-order chi connectivity index (χ1) is 16.5. The van der Waals surface area contributed by atoms with E-state index in [2.05, 4.69) is 0 Å². The lowest BCUT2D eigenvalue weighted by Crippen LogP contribution is -2.20. The number of halogens is 3. The molecule has 1 aliphatic carbocycles. The maximum Gasteiger partial charge on any atom is 0.416 e. The second-order valence-corrected chi connectivity index (χ2v) is 8.85. The lowest BCUT2D eigenvalue weighted by molar-refractivity contribution is -0.147. The highest BCUT2D eigenvalue weighted by Gasteiger charge is 2.39. The summed E-state index contributed by atoms with van der Waals surface area (Å²) in [6.07, 6.45) is 2.17. The average Bonchev–Trinajstić information content (AvgIpc) is 3.04. The van der Waals surface area contributed by atoms with Gasteiger partial charge in [0.1, 0.15) is 24.2 Å². The molecule has 35 heavy (non-hydrogen) atoms. The molecule has 1 aromatic carbocycles. The Morgan fingerprint density at radius 2 is 2.00 bits per heavy atom. The number of benzene rings is 1. The third-order valence-electron chi connectivity index (χ3n) is 5.55. The number of aliphatic hydroxyl groups is 2. The fourth-order valence-corrected chi connectivity index (χ4v) is 3.83. The minimum absolute atomic E-state index is 0.0192. The van der Waals surface area contributed by atoms with Gasteiger partial charge in [0.2, 0.25) is 0 Å². The van der Waals surface area contributed by atoms with E-state index < -0.39 is 29.9 Å². The number of hydrogen-bond donors (Lipinski definition) is 2. The molecule has 1 aromatic rings. The van der Waals surface area contributed by atoms with Gasteiger partial charge in [-0.25, -0.2) is 0 Å². The predicted octanol–water partition coefficient (Wildman–Crippen LogP) is 4.64. The Labute approximate surface area is 203 Å². The molecule has 1 saturated carbocycles. The summed E-state index contributed by atoms with van der Waals surface area (Å²) in [6.45, 7) is 3.30. The molecule has 2 rings (SSSR count). The Balaban J connectivity index is 1.83. The molecular formula is C26H33F3O6. The summed E-state index contributed by atoms with van der Waals surface area (Å²) in [5.74, 6) is -1.35. The molecule has 1 aliphatic rings. The van der Waals surface area contributed by atoms with E-state index in [-0.39, 0.29) is 42.6 Å². The summed E-state index contributed by atoms with van der Waals surface area (Å²) in [4.78, 5) is 23.8. The van der Waals surface area contributed by atoms with Crippen molar-refractivity contribution in [2.24, 2.45) is 11.8 Å². The van der Waals surface area contributed by atoms with Crippen molar-refractivity contribution in [3.63, 3.8) is 0 Å². The van der Waals surface area contributed by atoms with Crippen molar-refractivity contribution in [3.8, 4) is 5.75 Å². The van der Waals surface area contributed by atoms with Gasteiger partial charge in [0.15, 0.2) is 0 Å². The Hall–Kier alpha value is -2.65. The van der Waals surface area contributed by atoms with Gasteiger partial charge < -0.3 is 19.7 Å². The van der Waals surface area contributed by atoms with Gasteiger partial charge in [-0.1, -0.05) is 30.4 Å². The highest BCUT2D eigenvalue weighted by molar-refractivity contribution is 5.86. The van der Waals surface area contributed by atoms with Gasteiger partial charge >= 0.3 is 12.1 Å². The number of ether oxygens (including phenoxy) is 2. The standard InChI is InChI=1S/C26H33F3O6/c1-17(2)35-25(33)11-6-4-3-5-10-21-22(24(32)15-23(21)31)13-12-19(30)16-34-20-9-7-8-18(14-20)26(27,28)29/h3,5,7-9,12-14,17,19,21-23,30-31H,4,6,10-11,15-16H2,1-2H3/b5-3+,13-12+/t19-,21-,22-,23+/m1/s1. The van der Waals surface area contributed by atoms with E-state index in [0.29, 0.717) is 25.7 Å². The van der Waals surface area contributed by atoms with Crippen LogP contribution in [0.5, 0.6) is 5.75 Å². The molecule has 0 bridgehead atoms. The van der Waals surface area contributed by atoms with Gasteiger partial charge in [-0.05, 0) is 51.3 Å². The molecule has 1 fully saturated rings. The van der Waals surface area contributed by atoms with Crippen LogP contribution in [-0.2, 0) is 20.5 Å². The highest BCUT2D eigenvalue weighted by Crippen LogP contribution is 2.34. The van der Waals surface area contributed by atoms with Crippen LogP contribution in [0.1, 0.15) is 51.5 Å². The first-order valence-corrected chi connectivity index (χ1v) is 11.7. The normalized spacial score (nSPS) is 21.8. The quantitative estimate of drug-likeness (QED) is 0.248. The Morgan fingerprint density at radius 1 is 1.26 bits per heavy atom. The molecule has 9 heteroatoms. The number of alkyl halides is 3. The Kier molecular flexibility index (Phi) is 11.0. The second kappa shape index (κ2) is 13.4. The summed E-state index contributed by atoms with van der Waals surface area (Å²) in [5.41, 5.74) is -0.850. The molecule has 0 aliphatic heterocycles. The number of rotatable bonds is 12. The zero-order valence-electron chi connectivity index (χ0n) is 19.9. The van der Waals surface area contributed by atoms with Crippen molar-refractivity contribution in [1.29, 1.82) is 0 Å². The van der Waals surface area contributed by atoms with Crippen molar-refractivity contribution in [1.82, 2.24) is 0 Å². The van der Waals surface area contributed by atoms with Crippen molar-refractivity contribution in [3.05, 3.63) is 54.1 Å². The molecule has 0 unspecified atom stereocenters. The van der Waals surface area contributed by atoms with Gasteiger partial charge in [0, 0.05) is 24.7 Å². The molecular weight excluding hydrogens is 465 g/mol. The van der Waals surface area contributed by atoms with Crippen molar-refractivity contribution >= 4 is 11.8 Å². The first-order valence-electron chi connectivity index (χ1n) is 11.7. The lowest BCUT2D eigenvalue weighted by Gasteiger charge is -2.17. The average molecular weight is 499 g/mol. The monoisotopic (exact) mass is 498 g/mol. The summed E-state index contributed by atoms with van der Waals surface area (Å²) < 4.78 is 48.7. The van der Waals surface area contributed by atoms with Crippen LogP contribution in [0.4, 0.5) is 13.2 Å². The summed E-state index contributed by atoms with van der Waals surface area (Å²) in [7, 11) is 0. The summed E-state index contributed by atoms with van der Waals surface area (Å²) in [5, 5.41) is 20.4. The highest BCUT2D eigenvalue weighted by atomic mass is 19.4. The van der Waals surface area contributed by atoms with E-state index in [1.165, 1.54) is 24.3 Å². The minimum atomic E-state index is -4.50. The molecule has 0 spiro atoms. The van der Waals surface area contributed by atoms with Crippen LogP contribution in [0.3, 0.4) is 0 Å². The third-order valence-corrected chi connectivity index (χ3v) is 5.55. The third kappa shape index (κ3) is 9.85. The SMILES string of the molecule is CC(C)OC(=O)CCC/C=C/C[C@H]1[C@@H](O)CC(=O)[C@@H]1/C=C/[C@@H](O)COc1cccc(C(F)(F)F)c1. The van der Waals surface area contributed by atoms with Crippen LogP contribution in [0.15, 0.2) is 48.6 Å². The molecule has 0 heterocycles. The number of carbonyl (C=O) groups excluding carboxylic acids is 2. The number of hydrogen-bond acceptors (Lipinski definition) is 6. The number of Topliss-reactive ketones (excluding diaryl/α,β-unsaturated/α-hetero) is 1. The van der Waals surface area contributed by atoms with E-state index in [9.17, 15) is 33.0 Å². The fourth-order valence-electron chi connectivity index (χ4n) is 3.83. The molecule has 0 amide bonds. The smallest absolute Gasteiger partial charge is 0.416 e. The largest absolute Gasteiger partial charge is 0.491 e. The van der Waals surface area contributed by atoms with Crippen molar-refractivity contribution < 1.29 is 42.4 Å². The molecule has 194 valence electrons. The number of aliphatic hydroxyl groups excluding tert-OH is 2. The van der Waals surface area contributed by atoms with Gasteiger partial charge in [0.25, 0.3) is 0 Å². The number of carbonyl (C=O) groups is 2. The maximum absolute atomic E-state index is 12.8. The minimum Gasteiger partial charge on any atom is -0.491 e. The summed E-state index contributed by atoms with van der Waals surface area (Å²) >= 11 is 0. The van der Waals surface area contributed by atoms with E-state index in [0.717, 1.165) is 12.1 Å². The molecule has 0 aromatic heterocycles. The first kappa shape index (κ1) is 28.6. The number of allylic oxidation sites excluding steroid dienone is 3. The van der Waals surface area contributed by atoms with Crippen molar-refractivity contribution in [2.75, 3.05) is 6.61 Å². The van der Waals surface area contributed by atoms with Crippen molar-refractivity contribution in [2.45, 2.75) is 70.4 Å². The van der Waals surface area contributed by atoms with Gasteiger partial charge in [-0.15, -0.1) is 0 Å². The topological polar surface area (TPSA) is 93.1 Å². The van der Waals surface area contributed by atoms with Crippen LogP contribution in [0, 0.1) is 11.8 Å². The van der Waals surface area contributed by atoms with Crippen LogP contribution in [-0.4, -0.2) is 46.9 Å². The lowest BCUT2D eigenvalue weighted by atomic mass is 9.90.